The molecule has 1 amide bonds. The summed E-state index contributed by atoms with van der Waals surface area (Å²) >= 11 is 0. The number of sulfonamides is 1. The first-order valence-corrected chi connectivity index (χ1v) is 15.8. The number of methoxy groups -OCH3 is 1. The van der Waals surface area contributed by atoms with Crippen LogP contribution in [0.3, 0.4) is 0 Å². The van der Waals surface area contributed by atoms with Gasteiger partial charge in [0.25, 0.3) is 5.91 Å². The van der Waals surface area contributed by atoms with Gasteiger partial charge in [-0.15, -0.1) is 0 Å². The Balaban J connectivity index is 1.51. The third-order valence-corrected chi connectivity index (χ3v) is 9.82. The number of halogens is 3. The molecule has 0 fully saturated rings. The van der Waals surface area contributed by atoms with Gasteiger partial charge in [-0.2, -0.15) is 17.5 Å². The van der Waals surface area contributed by atoms with Gasteiger partial charge >= 0.3 is 6.18 Å². The van der Waals surface area contributed by atoms with Gasteiger partial charge in [-0.1, -0.05) is 24.3 Å². The van der Waals surface area contributed by atoms with Crippen LogP contribution in [-0.2, 0) is 22.6 Å². The number of alkyl halides is 3. The molecule has 0 aromatic heterocycles. The number of phenols is 1. The molecule has 0 radical (unpaired) electrons. The minimum absolute atomic E-state index is 0.0203. The quantitative estimate of drug-likeness (QED) is 0.276. The maximum absolute atomic E-state index is 14.2. The second-order valence-electron chi connectivity index (χ2n) is 10.8. The van der Waals surface area contributed by atoms with E-state index in [-0.39, 0.29) is 48.9 Å². The average Bonchev–Trinajstić information content (AvgIpc) is 3.04. The fraction of sp³-hybridized carbons (Fsp3) is 0.242. The van der Waals surface area contributed by atoms with Crippen molar-refractivity contribution in [2.75, 3.05) is 26.8 Å². The molecule has 3 aliphatic heterocycles. The third kappa shape index (κ3) is 5.95. The molecule has 0 saturated carbocycles. The van der Waals surface area contributed by atoms with Crippen LogP contribution in [0.4, 0.5) is 13.2 Å². The fourth-order valence-corrected chi connectivity index (χ4v) is 7.53. The van der Waals surface area contributed by atoms with Crippen LogP contribution >= 0.6 is 0 Å². The van der Waals surface area contributed by atoms with Gasteiger partial charge in [0, 0.05) is 13.1 Å². The van der Waals surface area contributed by atoms with Crippen LogP contribution in [0.2, 0.25) is 0 Å². The molecule has 2 N–H and O–H groups in total. The van der Waals surface area contributed by atoms with Crippen LogP contribution < -0.4 is 19.5 Å². The number of fused-ring (bicyclic) bond motifs is 6. The second-order valence-corrected chi connectivity index (χ2v) is 12.6. The van der Waals surface area contributed by atoms with Crippen LogP contribution in [0.5, 0.6) is 28.7 Å². The second kappa shape index (κ2) is 12.2. The van der Waals surface area contributed by atoms with Crippen molar-refractivity contribution in [2.45, 2.75) is 30.0 Å². The van der Waals surface area contributed by atoms with Gasteiger partial charge in [-0.05, 0) is 84.1 Å². The molecule has 8 bridgehead atoms. The monoisotopic (exact) mass is 654 g/mol. The van der Waals surface area contributed by atoms with E-state index in [1.807, 2.05) is 0 Å². The number of rotatable bonds is 3. The summed E-state index contributed by atoms with van der Waals surface area (Å²) in [5, 5.41) is 13.0. The maximum Gasteiger partial charge on any atom is 0.417 e. The molecule has 240 valence electrons. The highest BCUT2D eigenvalue weighted by Gasteiger charge is 2.43. The van der Waals surface area contributed by atoms with Crippen molar-refractivity contribution in [1.82, 2.24) is 9.62 Å². The summed E-state index contributed by atoms with van der Waals surface area (Å²) in [6.45, 7) is 0.227. The van der Waals surface area contributed by atoms with Gasteiger partial charge in [-0.3, -0.25) is 4.79 Å². The zero-order valence-electron chi connectivity index (χ0n) is 24.5. The number of aromatic hydroxyl groups is 1. The lowest BCUT2D eigenvalue weighted by Crippen LogP contribution is -2.41. The van der Waals surface area contributed by atoms with Crippen molar-refractivity contribution in [1.29, 1.82) is 0 Å². The SMILES string of the molecule is COc1ccc2cc1OCCCNC(=O)c1cc(ccc1O)Oc1ccc3c(c1)CCN(S(=O)(=O)c1ccccc1C(F)(F)F)C23. The number of carbonyl (C=O) groups excluding carboxylic acids is 1. The molecule has 46 heavy (non-hydrogen) atoms. The molecule has 3 aliphatic rings. The molecule has 0 spiro atoms. The van der Waals surface area contributed by atoms with Gasteiger partial charge in [0.05, 0.1) is 35.8 Å². The third-order valence-electron chi connectivity index (χ3n) is 7.89. The van der Waals surface area contributed by atoms with Crippen LogP contribution in [0.25, 0.3) is 0 Å². The summed E-state index contributed by atoms with van der Waals surface area (Å²) in [7, 11) is -3.24. The standard InChI is InChI=1S/C33H29F3N2O7S/c1-43-28-12-7-21-18-29(28)44-16-4-14-37-32(40)25-19-23(9-11-27(25)39)45-22-8-10-24-20(17-22)13-15-38(31(21)24)46(41,42)30-6-3-2-5-26(30)33(34,35)36/h2-3,5-12,17-19,31,39H,4,13-16H2,1H3,(H,37,40). The normalized spacial score (nSPS) is 17.2. The molecule has 13 heteroatoms. The zero-order chi connectivity index (χ0) is 32.6. The minimum atomic E-state index is -4.89. The number of phenolic OH excluding ortho intramolecular Hbond substituents is 1. The molecule has 0 saturated heterocycles. The van der Waals surface area contributed by atoms with Crippen LogP contribution in [0.15, 0.2) is 83.8 Å². The van der Waals surface area contributed by atoms with Crippen molar-refractivity contribution in [3.63, 3.8) is 0 Å². The molecular formula is C33H29F3N2O7S. The summed E-state index contributed by atoms with van der Waals surface area (Å²) in [4.78, 5) is 12.0. The molecule has 4 aromatic carbocycles. The lowest BCUT2D eigenvalue weighted by molar-refractivity contribution is -0.139. The molecular weight excluding hydrogens is 625 g/mol. The topological polar surface area (TPSA) is 114 Å². The van der Waals surface area contributed by atoms with Gasteiger partial charge in [-0.25, -0.2) is 8.42 Å². The smallest absolute Gasteiger partial charge is 0.417 e. The largest absolute Gasteiger partial charge is 0.507 e. The molecule has 1 atom stereocenters. The first-order valence-electron chi connectivity index (χ1n) is 14.4. The highest BCUT2D eigenvalue weighted by molar-refractivity contribution is 7.89. The molecule has 0 aliphatic carbocycles. The van der Waals surface area contributed by atoms with E-state index in [0.29, 0.717) is 34.6 Å². The predicted octanol–water partition coefficient (Wildman–Crippen LogP) is 6.06. The van der Waals surface area contributed by atoms with Gasteiger partial charge in [0.15, 0.2) is 11.5 Å². The number of nitrogens with one attached hydrogen (secondary N) is 1. The number of ether oxygens (including phenoxy) is 3. The van der Waals surface area contributed by atoms with E-state index in [1.165, 1.54) is 31.4 Å². The fourth-order valence-electron chi connectivity index (χ4n) is 5.72. The van der Waals surface area contributed by atoms with Crippen molar-refractivity contribution < 1.29 is 45.7 Å². The Morgan fingerprint density at radius 1 is 1.00 bits per heavy atom. The summed E-state index contributed by atoms with van der Waals surface area (Å²) in [5.41, 5.74) is 0.496. The van der Waals surface area contributed by atoms with Gasteiger partial charge < -0.3 is 24.6 Å². The average molecular weight is 655 g/mol. The highest BCUT2D eigenvalue weighted by atomic mass is 32.2. The molecule has 4 aromatic rings. The van der Waals surface area contributed by atoms with Crippen molar-refractivity contribution in [3.05, 3.63) is 107 Å². The Labute approximate surface area is 263 Å². The Morgan fingerprint density at radius 3 is 2.54 bits per heavy atom. The first-order chi connectivity index (χ1) is 22.0. The zero-order valence-corrected chi connectivity index (χ0v) is 25.3. The molecule has 1 unspecified atom stereocenters. The number of hydrogen-bond acceptors (Lipinski definition) is 7. The Bertz CT molecular complexity index is 1910. The van der Waals surface area contributed by atoms with Gasteiger partial charge in [0.1, 0.15) is 17.2 Å². The minimum Gasteiger partial charge on any atom is -0.507 e. The maximum atomic E-state index is 14.2. The van der Waals surface area contributed by atoms with Crippen LogP contribution in [0, 0.1) is 0 Å². The van der Waals surface area contributed by atoms with Crippen molar-refractivity contribution in [3.8, 4) is 28.7 Å². The highest BCUT2D eigenvalue weighted by Crippen LogP contribution is 2.44. The number of benzene rings is 4. The van der Waals surface area contributed by atoms with E-state index in [1.54, 1.807) is 36.4 Å². The lowest BCUT2D eigenvalue weighted by atomic mass is 9.89. The number of amides is 1. The van der Waals surface area contributed by atoms with Crippen molar-refractivity contribution in [2.24, 2.45) is 0 Å². The number of carbonyl (C=O) groups is 1. The van der Waals surface area contributed by atoms with E-state index in [4.69, 9.17) is 14.2 Å². The van der Waals surface area contributed by atoms with Crippen LogP contribution in [-0.4, -0.2) is 50.5 Å². The van der Waals surface area contributed by atoms with E-state index in [9.17, 15) is 31.5 Å². The molecule has 9 nitrogen and oxygen atoms in total. The summed E-state index contributed by atoms with van der Waals surface area (Å²) in [6.07, 6.45) is -4.34. The number of nitrogens with zero attached hydrogens (tertiary/aromatic N) is 1. The van der Waals surface area contributed by atoms with E-state index in [0.717, 1.165) is 22.5 Å². The number of hydrogen-bond donors (Lipinski definition) is 2. The van der Waals surface area contributed by atoms with Gasteiger partial charge in [0.2, 0.25) is 10.0 Å². The summed E-state index contributed by atoms with van der Waals surface area (Å²) < 4.78 is 89.0. The van der Waals surface area contributed by atoms with Crippen molar-refractivity contribution >= 4 is 15.9 Å². The summed E-state index contributed by atoms with van der Waals surface area (Å²) in [5.74, 6) is 0.600. The molecule has 3 heterocycles. The van der Waals surface area contributed by atoms with Crippen LogP contribution in [0.1, 0.15) is 45.1 Å². The predicted molar refractivity (Wildman–Crippen MR) is 161 cm³/mol. The van der Waals surface area contributed by atoms with E-state index < -0.39 is 38.6 Å². The first kappa shape index (κ1) is 31.2. The van der Waals surface area contributed by atoms with E-state index >= 15 is 0 Å². The Morgan fingerprint density at radius 2 is 1.76 bits per heavy atom. The summed E-state index contributed by atoms with van der Waals surface area (Å²) in [6, 6.07) is 17.3. The molecule has 7 rings (SSSR count). The van der Waals surface area contributed by atoms with E-state index in [2.05, 4.69) is 5.32 Å². The Kier molecular flexibility index (Phi) is 8.30. The lowest BCUT2D eigenvalue weighted by Gasteiger charge is -2.37. The Hall–Kier alpha value is -4.75.